The molecule has 4 aromatic heterocycles. The summed E-state index contributed by atoms with van der Waals surface area (Å²) in [6, 6.07) is 15.1. The van der Waals surface area contributed by atoms with Gasteiger partial charge in [0.25, 0.3) is 5.56 Å². The van der Waals surface area contributed by atoms with E-state index in [4.69, 9.17) is 0 Å². The van der Waals surface area contributed by atoms with Crippen molar-refractivity contribution in [3.63, 3.8) is 0 Å². The van der Waals surface area contributed by atoms with Crippen LogP contribution in [-0.2, 0) is 0 Å². The molecule has 0 amide bonds. The molecule has 26 heavy (non-hydrogen) atoms. The molecule has 6 nitrogen and oxygen atoms in total. The van der Waals surface area contributed by atoms with Gasteiger partial charge in [-0.1, -0.05) is 18.2 Å². The molecule has 6 heteroatoms. The second kappa shape index (κ2) is 5.07. The lowest BCUT2D eigenvalue weighted by Gasteiger charge is -2.09. The van der Waals surface area contributed by atoms with Crippen LogP contribution >= 0.6 is 0 Å². The first-order chi connectivity index (χ1) is 12.7. The maximum Gasteiger partial charge on any atom is 0.273 e. The molecule has 5 rings (SSSR count). The van der Waals surface area contributed by atoms with E-state index in [1.54, 1.807) is 10.6 Å². The fraction of sp³-hybridized carbons (Fsp3) is 0.0500. The van der Waals surface area contributed by atoms with Crippen LogP contribution in [0, 0.1) is 18.3 Å². The minimum absolute atomic E-state index is 0.103. The van der Waals surface area contributed by atoms with Gasteiger partial charge in [-0.15, -0.1) is 0 Å². The highest BCUT2D eigenvalue weighted by atomic mass is 16.1. The first-order valence-corrected chi connectivity index (χ1v) is 8.18. The number of pyridine rings is 2. The molecule has 0 atom stereocenters. The maximum atomic E-state index is 13.0. The minimum atomic E-state index is -0.332. The summed E-state index contributed by atoms with van der Waals surface area (Å²) >= 11 is 0. The van der Waals surface area contributed by atoms with Gasteiger partial charge in [0.1, 0.15) is 17.3 Å². The first-order valence-electron chi connectivity index (χ1n) is 8.18. The third-order valence-electron chi connectivity index (χ3n) is 4.59. The van der Waals surface area contributed by atoms with E-state index in [1.807, 2.05) is 66.2 Å². The average Bonchev–Trinajstić information content (AvgIpc) is 3.19. The third kappa shape index (κ3) is 1.91. The van der Waals surface area contributed by atoms with Gasteiger partial charge in [0.05, 0.1) is 22.4 Å². The van der Waals surface area contributed by atoms with Crippen molar-refractivity contribution >= 4 is 27.6 Å². The Morgan fingerprint density at radius 2 is 1.96 bits per heavy atom. The van der Waals surface area contributed by atoms with E-state index in [2.05, 4.69) is 9.97 Å². The maximum absolute atomic E-state index is 13.0. The van der Waals surface area contributed by atoms with E-state index in [9.17, 15) is 10.1 Å². The molecule has 0 saturated carbocycles. The Balaban J connectivity index is 1.97. The smallest absolute Gasteiger partial charge is 0.273 e. The fourth-order valence-corrected chi connectivity index (χ4v) is 3.49. The Bertz CT molecular complexity index is 1430. The van der Waals surface area contributed by atoms with Gasteiger partial charge in [0.15, 0.2) is 0 Å². The highest BCUT2D eigenvalue weighted by Crippen LogP contribution is 2.27. The topological polar surface area (TPSA) is 78.9 Å². The van der Waals surface area contributed by atoms with Crippen LogP contribution in [0.25, 0.3) is 33.3 Å². The number of aromatic nitrogens is 4. The lowest BCUT2D eigenvalue weighted by molar-refractivity contribution is 1.01. The third-order valence-corrected chi connectivity index (χ3v) is 4.59. The predicted octanol–water partition coefficient (Wildman–Crippen LogP) is 3.30. The van der Waals surface area contributed by atoms with Crippen LogP contribution in [0.15, 0.2) is 59.7 Å². The molecule has 0 bridgehead atoms. The summed E-state index contributed by atoms with van der Waals surface area (Å²) in [5.74, 6) is 0. The number of nitriles is 1. The molecule has 0 saturated heterocycles. The van der Waals surface area contributed by atoms with Gasteiger partial charge in [-0.2, -0.15) is 5.26 Å². The van der Waals surface area contributed by atoms with Crippen LogP contribution in [0.3, 0.4) is 0 Å². The van der Waals surface area contributed by atoms with Crippen molar-refractivity contribution in [2.75, 3.05) is 0 Å². The van der Waals surface area contributed by atoms with Crippen molar-refractivity contribution in [1.82, 2.24) is 18.9 Å². The number of rotatable bonds is 1. The standard InChI is InChI=1S/C20H13N5O/c1-12-10-24-11-14(6-7-18(24)22-12)25-19-15-4-2-3-5-16(15)23-17(19)8-13(9-21)20(25)26/h2-8,10-11,23H,1H3. The summed E-state index contributed by atoms with van der Waals surface area (Å²) < 4.78 is 3.48. The molecule has 5 aromatic rings. The zero-order valence-corrected chi connectivity index (χ0v) is 13.9. The van der Waals surface area contributed by atoms with Gasteiger partial charge in [-0.05, 0) is 31.2 Å². The summed E-state index contributed by atoms with van der Waals surface area (Å²) in [4.78, 5) is 20.7. The van der Waals surface area contributed by atoms with Crippen molar-refractivity contribution in [1.29, 1.82) is 5.26 Å². The number of benzene rings is 1. The first kappa shape index (κ1) is 14.5. The van der Waals surface area contributed by atoms with Gasteiger partial charge >= 0.3 is 0 Å². The van der Waals surface area contributed by atoms with Crippen LogP contribution in [0.1, 0.15) is 11.3 Å². The predicted molar refractivity (Wildman–Crippen MR) is 99.6 cm³/mol. The quantitative estimate of drug-likeness (QED) is 0.509. The van der Waals surface area contributed by atoms with Crippen molar-refractivity contribution in [2.24, 2.45) is 0 Å². The van der Waals surface area contributed by atoms with Crippen molar-refractivity contribution < 1.29 is 0 Å². The Morgan fingerprint density at radius 1 is 1.12 bits per heavy atom. The monoisotopic (exact) mass is 339 g/mol. The minimum Gasteiger partial charge on any atom is -0.353 e. The summed E-state index contributed by atoms with van der Waals surface area (Å²) in [6.45, 7) is 1.92. The van der Waals surface area contributed by atoms with Gasteiger partial charge in [-0.3, -0.25) is 9.36 Å². The Kier molecular flexibility index (Phi) is 2.83. The number of H-pyrrole nitrogens is 1. The van der Waals surface area contributed by atoms with E-state index < -0.39 is 0 Å². The average molecular weight is 339 g/mol. The normalized spacial score (nSPS) is 11.4. The van der Waals surface area contributed by atoms with E-state index in [-0.39, 0.29) is 11.1 Å². The van der Waals surface area contributed by atoms with Crippen LogP contribution in [0.4, 0.5) is 0 Å². The summed E-state index contributed by atoms with van der Waals surface area (Å²) in [5.41, 5.74) is 4.61. The largest absolute Gasteiger partial charge is 0.353 e. The Labute approximate surface area is 147 Å². The fourth-order valence-electron chi connectivity index (χ4n) is 3.49. The van der Waals surface area contributed by atoms with Crippen molar-refractivity contribution in [2.45, 2.75) is 6.92 Å². The molecular weight excluding hydrogens is 326 g/mol. The van der Waals surface area contributed by atoms with Crippen molar-refractivity contribution in [3.05, 3.63) is 76.5 Å². The molecule has 1 N–H and O–H groups in total. The summed E-state index contributed by atoms with van der Waals surface area (Å²) in [7, 11) is 0. The number of aromatic amines is 1. The van der Waals surface area contributed by atoms with Crippen LogP contribution < -0.4 is 5.56 Å². The van der Waals surface area contributed by atoms with Crippen LogP contribution in [-0.4, -0.2) is 18.9 Å². The van der Waals surface area contributed by atoms with E-state index >= 15 is 0 Å². The van der Waals surface area contributed by atoms with Gasteiger partial charge < -0.3 is 9.38 Å². The van der Waals surface area contributed by atoms with Crippen LogP contribution in [0.2, 0.25) is 0 Å². The molecule has 1 aromatic carbocycles. The number of nitrogens with zero attached hydrogens (tertiary/aromatic N) is 4. The lowest BCUT2D eigenvalue weighted by Crippen LogP contribution is -2.21. The molecule has 4 heterocycles. The number of hydrogen-bond donors (Lipinski definition) is 1. The van der Waals surface area contributed by atoms with Gasteiger partial charge in [-0.25, -0.2) is 4.98 Å². The number of fused-ring (bicyclic) bond motifs is 4. The number of nitrogens with one attached hydrogen (secondary N) is 1. The number of hydrogen-bond acceptors (Lipinski definition) is 3. The van der Waals surface area contributed by atoms with Gasteiger partial charge in [0.2, 0.25) is 0 Å². The highest BCUT2D eigenvalue weighted by molar-refractivity contribution is 6.06. The number of para-hydroxylation sites is 1. The lowest BCUT2D eigenvalue weighted by atomic mass is 10.2. The number of imidazole rings is 1. The molecule has 0 fully saturated rings. The van der Waals surface area contributed by atoms with E-state index in [1.165, 1.54) is 0 Å². The molecule has 124 valence electrons. The molecule has 0 aliphatic carbocycles. The zero-order valence-electron chi connectivity index (χ0n) is 13.9. The summed E-state index contributed by atoms with van der Waals surface area (Å²) in [5, 5.41) is 10.3. The molecule has 0 aliphatic rings. The Hall–Kier alpha value is -3.85. The number of aryl methyl sites for hydroxylation is 1. The molecule has 0 spiro atoms. The SMILES string of the molecule is Cc1cn2cc(-n3c(=O)c(C#N)cc4[nH]c5ccccc5c43)ccc2n1. The summed E-state index contributed by atoms with van der Waals surface area (Å²) in [6.07, 6.45) is 3.77. The van der Waals surface area contributed by atoms with E-state index in [0.717, 1.165) is 33.3 Å². The van der Waals surface area contributed by atoms with Crippen molar-refractivity contribution in [3.8, 4) is 11.8 Å². The second-order valence-electron chi connectivity index (χ2n) is 6.28. The highest BCUT2D eigenvalue weighted by Gasteiger charge is 2.16. The van der Waals surface area contributed by atoms with Crippen LogP contribution in [0.5, 0.6) is 0 Å². The molecule has 0 unspecified atom stereocenters. The zero-order chi connectivity index (χ0) is 17.8. The second-order valence-corrected chi connectivity index (χ2v) is 6.28. The molecule has 0 radical (unpaired) electrons. The molecular formula is C20H13N5O. The Morgan fingerprint density at radius 3 is 2.81 bits per heavy atom. The van der Waals surface area contributed by atoms with E-state index in [0.29, 0.717) is 5.69 Å². The molecule has 0 aliphatic heterocycles. The van der Waals surface area contributed by atoms with Gasteiger partial charge in [0, 0.05) is 23.3 Å².